The first-order valence-electron chi connectivity index (χ1n) is 15.1. The fourth-order valence-corrected chi connectivity index (χ4v) is 7.41. The average molecular weight is 688 g/mol. The van der Waals surface area contributed by atoms with Crippen LogP contribution in [0.5, 0.6) is 0 Å². The molecule has 0 spiro atoms. The van der Waals surface area contributed by atoms with Gasteiger partial charge in [-0.25, -0.2) is 8.42 Å². The zero-order valence-corrected chi connectivity index (χ0v) is 28.2. The molecule has 0 atom stereocenters. The number of rotatable bonds is 15. The van der Waals surface area contributed by atoms with Crippen molar-refractivity contribution in [3.63, 3.8) is 0 Å². The number of amides is 2. The summed E-state index contributed by atoms with van der Waals surface area (Å²) in [5.41, 5.74) is 8.36. The second-order valence-corrected chi connectivity index (χ2v) is 14.0. The van der Waals surface area contributed by atoms with Gasteiger partial charge in [-0.1, -0.05) is 77.8 Å². The van der Waals surface area contributed by atoms with Crippen LogP contribution in [-0.2, 0) is 32.6 Å². The number of amidine groups is 1. The number of benzene rings is 3. The summed E-state index contributed by atoms with van der Waals surface area (Å²) in [7, 11) is -4.20. The zero-order valence-electron chi connectivity index (χ0n) is 25.8. The Morgan fingerprint density at radius 3 is 2.28 bits per heavy atom. The van der Waals surface area contributed by atoms with Gasteiger partial charge in [-0.2, -0.15) is 4.31 Å². The second-order valence-electron chi connectivity index (χ2n) is 11.3. The van der Waals surface area contributed by atoms with E-state index in [1.807, 2.05) is 42.5 Å². The molecule has 0 radical (unpaired) electrons. The first-order valence-corrected chi connectivity index (χ1v) is 17.3. The van der Waals surface area contributed by atoms with Crippen molar-refractivity contribution in [2.45, 2.75) is 37.6 Å². The molecule has 246 valence electrons. The van der Waals surface area contributed by atoms with Crippen LogP contribution in [0.3, 0.4) is 0 Å². The van der Waals surface area contributed by atoms with Crippen molar-refractivity contribution in [3.05, 3.63) is 99.0 Å². The summed E-state index contributed by atoms with van der Waals surface area (Å²) in [6, 6.07) is 19.3. The summed E-state index contributed by atoms with van der Waals surface area (Å²) in [4.78, 5) is 30.5. The summed E-state index contributed by atoms with van der Waals surface area (Å²) in [5, 5.41) is 10.6. The highest BCUT2D eigenvalue weighted by Crippen LogP contribution is 2.32. The summed E-state index contributed by atoms with van der Waals surface area (Å²) in [5.74, 6) is -0.945. The van der Waals surface area contributed by atoms with Crippen LogP contribution in [0.2, 0.25) is 10.0 Å². The van der Waals surface area contributed by atoms with Crippen LogP contribution < -0.4 is 11.1 Å². The first kappa shape index (κ1) is 35.4. The van der Waals surface area contributed by atoms with E-state index in [0.29, 0.717) is 42.2 Å². The Bertz CT molecular complexity index is 1630. The van der Waals surface area contributed by atoms with Crippen LogP contribution in [0.4, 0.5) is 0 Å². The lowest BCUT2D eigenvalue weighted by atomic mass is 10.1. The molecule has 4 rings (SSSR count). The molecule has 2 amide bonds. The molecule has 1 saturated heterocycles. The summed E-state index contributed by atoms with van der Waals surface area (Å²) in [6.45, 7) is 4.30. The topological polar surface area (TPSA) is 140 Å². The molecule has 0 unspecified atom stereocenters. The Morgan fingerprint density at radius 2 is 1.63 bits per heavy atom. The molecular formula is C33H40Cl2N6O4S. The number of nitrogens with one attached hydrogen (secondary N) is 2. The molecule has 1 aliphatic heterocycles. The second kappa shape index (κ2) is 16.4. The SMILES string of the molecule is Cc1c(Cl)ccc(S(=O)(=O)N(CCc2ccccc2)CC(=O)NCC(=O)N(CCN2CCCC2)Cc2ccc(C(=N)N)cc2)c1Cl. The van der Waals surface area contributed by atoms with Gasteiger partial charge in [0.1, 0.15) is 10.7 Å². The molecular weight excluding hydrogens is 647 g/mol. The molecule has 4 N–H and O–H groups in total. The number of nitrogens with zero attached hydrogens (tertiary/aromatic N) is 3. The number of likely N-dealkylation sites (tertiary alicyclic amines) is 1. The van der Waals surface area contributed by atoms with Gasteiger partial charge in [0.2, 0.25) is 21.8 Å². The number of hydrogen-bond acceptors (Lipinski definition) is 6. The van der Waals surface area contributed by atoms with Gasteiger partial charge in [-0.3, -0.25) is 15.0 Å². The van der Waals surface area contributed by atoms with Crippen molar-refractivity contribution < 1.29 is 18.0 Å². The first-order chi connectivity index (χ1) is 22.0. The number of halogens is 2. The van der Waals surface area contributed by atoms with E-state index in [-0.39, 0.29) is 34.8 Å². The summed E-state index contributed by atoms with van der Waals surface area (Å²) >= 11 is 12.6. The van der Waals surface area contributed by atoms with Crippen molar-refractivity contribution in [2.24, 2.45) is 5.73 Å². The van der Waals surface area contributed by atoms with Gasteiger partial charge in [-0.15, -0.1) is 0 Å². The smallest absolute Gasteiger partial charge is 0.245 e. The van der Waals surface area contributed by atoms with Crippen molar-refractivity contribution in [1.29, 1.82) is 5.41 Å². The van der Waals surface area contributed by atoms with Crippen LogP contribution in [0.25, 0.3) is 0 Å². The monoisotopic (exact) mass is 686 g/mol. The molecule has 0 aromatic heterocycles. The van der Waals surface area contributed by atoms with E-state index in [1.54, 1.807) is 24.0 Å². The van der Waals surface area contributed by atoms with Gasteiger partial charge in [0.25, 0.3) is 0 Å². The minimum absolute atomic E-state index is 0.00206. The van der Waals surface area contributed by atoms with Crippen LogP contribution in [0, 0.1) is 12.3 Å². The van der Waals surface area contributed by atoms with Gasteiger partial charge < -0.3 is 20.9 Å². The highest BCUT2D eigenvalue weighted by Gasteiger charge is 2.30. The lowest BCUT2D eigenvalue weighted by Gasteiger charge is -2.26. The zero-order chi connectivity index (χ0) is 33.3. The van der Waals surface area contributed by atoms with Crippen molar-refractivity contribution in [1.82, 2.24) is 19.4 Å². The highest BCUT2D eigenvalue weighted by atomic mass is 35.5. The molecule has 13 heteroatoms. The molecule has 0 aliphatic carbocycles. The number of carbonyl (C=O) groups is 2. The van der Waals surface area contributed by atoms with Crippen molar-refractivity contribution in [2.75, 3.05) is 45.8 Å². The van der Waals surface area contributed by atoms with Gasteiger partial charge >= 0.3 is 0 Å². The molecule has 3 aromatic carbocycles. The molecule has 1 aliphatic rings. The molecule has 0 bridgehead atoms. The maximum Gasteiger partial charge on any atom is 0.245 e. The maximum absolute atomic E-state index is 13.8. The van der Waals surface area contributed by atoms with E-state index < -0.39 is 22.5 Å². The Balaban J connectivity index is 1.46. The lowest BCUT2D eigenvalue weighted by molar-refractivity contribution is -0.133. The summed E-state index contributed by atoms with van der Waals surface area (Å²) < 4.78 is 28.7. The number of nitrogen functional groups attached to an aromatic ring is 1. The number of carbonyl (C=O) groups excluding carboxylic acids is 2. The quantitative estimate of drug-likeness (QED) is 0.163. The Morgan fingerprint density at radius 1 is 0.957 bits per heavy atom. The third-order valence-corrected chi connectivity index (χ3v) is 10.9. The van der Waals surface area contributed by atoms with Crippen LogP contribution in [-0.4, -0.2) is 86.0 Å². The Labute approximate surface area is 281 Å². The third kappa shape index (κ3) is 9.52. The maximum atomic E-state index is 13.8. The Hall–Kier alpha value is -3.48. The standard InChI is InChI=1S/C33H40Cl2N6O4S/c1-24-28(34)13-14-29(32(24)35)46(44,45)41(18-15-25-7-3-2-4-8-25)23-30(42)38-21-31(43)40(20-19-39-16-5-6-17-39)22-26-9-11-27(12-10-26)33(36)37/h2-4,7-14H,5-6,15-23H2,1H3,(H3,36,37)(H,38,42). The van der Waals surface area contributed by atoms with Crippen LogP contribution in [0.15, 0.2) is 71.6 Å². The van der Waals surface area contributed by atoms with Crippen molar-refractivity contribution in [3.8, 4) is 0 Å². The third-order valence-electron chi connectivity index (χ3n) is 8.03. The highest BCUT2D eigenvalue weighted by molar-refractivity contribution is 7.89. The van der Waals surface area contributed by atoms with Crippen molar-refractivity contribution >= 4 is 50.9 Å². The summed E-state index contributed by atoms with van der Waals surface area (Å²) in [6.07, 6.45) is 2.62. The lowest BCUT2D eigenvalue weighted by Crippen LogP contribution is -2.46. The number of sulfonamides is 1. The van der Waals surface area contributed by atoms with Gasteiger partial charge in [0.15, 0.2) is 0 Å². The molecule has 1 heterocycles. The minimum atomic E-state index is -4.20. The van der Waals surface area contributed by atoms with Gasteiger partial charge in [0, 0.05) is 36.8 Å². The fourth-order valence-electron chi connectivity index (χ4n) is 5.23. The van der Waals surface area contributed by atoms with Crippen LogP contribution >= 0.6 is 23.2 Å². The minimum Gasteiger partial charge on any atom is -0.384 e. The normalized spacial score (nSPS) is 13.6. The number of nitrogens with two attached hydrogens (primary N) is 1. The Kier molecular flexibility index (Phi) is 12.6. The largest absolute Gasteiger partial charge is 0.384 e. The fraction of sp³-hybridized carbons (Fsp3) is 0.364. The van der Waals surface area contributed by atoms with E-state index in [9.17, 15) is 18.0 Å². The predicted molar refractivity (Wildman–Crippen MR) is 182 cm³/mol. The van der Waals surface area contributed by atoms with E-state index in [2.05, 4.69) is 10.2 Å². The van der Waals surface area contributed by atoms with E-state index in [0.717, 1.165) is 41.4 Å². The number of hydrogen-bond donors (Lipinski definition) is 3. The molecule has 10 nitrogen and oxygen atoms in total. The van der Waals surface area contributed by atoms with E-state index in [1.165, 1.54) is 12.1 Å². The van der Waals surface area contributed by atoms with Gasteiger partial charge in [-0.05, 0) is 68.1 Å². The van der Waals surface area contributed by atoms with E-state index >= 15 is 0 Å². The predicted octanol–water partition coefficient (Wildman–Crippen LogP) is 4.06. The van der Waals surface area contributed by atoms with E-state index in [4.69, 9.17) is 34.3 Å². The molecule has 1 fully saturated rings. The molecule has 46 heavy (non-hydrogen) atoms. The average Bonchev–Trinajstić information content (AvgIpc) is 3.57. The van der Waals surface area contributed by atoms with Crippen LogP contribution in [0.1, 0.15) is 35.1 Å². The molecule has 0 saturated carbocycles. The van der Waals surface area contributed by atoms with Gasteiger partial charge in [0.05, 0.1) is 18.1 Å². The molecule has 3 aromatic rings.